The zero-order valence-electron chi connectivity index (χ0n) is 17.3. The first kappa shape index (κ1) is 19.9. The summed E-state index contributed by atoms with van der Waals surface area (Å²) in [4.78, 5) is 35.2. The van der Waals surface area contributed by atoms with E-state index in [1.165, 1.54) is 0 Å². The quantitative estimate of drug-likeness (QED) is 0.861. The first-order chi connectivity index (χ1) is 14.0. The fourth-order valence-electron chi connectivity index (χ4n) is 4.16. The van der Waals surface area contributed by atoms with Crippen molar-refractivity contribution in [1.82, 2.24) is 19.7 Å². The molecule has 0 spiro atoms. The van der Waals surface area contributed by atoms with Gasteiger partial charge in [-0.05, 0) is 44.5 Å². The molecule has 1 N–H and O–H groups in total. The number of amides is 2. The zero-order valence-corrected chi connectivity index (χ0v) is 17.3. The Labute approximate surface area is 171 Å². The van der Waals surface area contributed by atoms with Gasteiger partial charge in [0.1, 0.15) is 5.69 Å². The van der Waals surface area contributed by atoms with E-state index in [0.717, 1.165) is 43.5 Å². The highest BCUT2D eigenvalue weighted by Gasteiger charge is 2.23. The molecule has 7 nitrogen and oxygen atoms in total. The van der Waals surface area contributed by atoms with E-state index in [1.807, 2.05) is 29.2 Å². The molecule has 3 heterocycles. The number of fused-ring (bicyclic) bond motifs is 1. The van der Waals surface area contributed by atoms with E-state index in [9.17, 15) is 9.59 Å². The standard InChI is InChI=1S/C22H30N4O3/c1-16(2)24-6-3-7-25(9-8-24)21(27)17-4-5-19-18(14-17)15-20(23-19)22(28)26-10-12-29-13-11-26/h4-5,14-16,23H,3,6-13H2,1-2H3. The van der Waals surface area contributed by atoms with Crippen LogP contribution in [-0.2, 0) is 4.74 Å². The molecule has 2 fully saturated rings. The Morgan fingerprint density at radius 2 is 1.69 bits per heavy atom. The molecule has 1 aromatic heterocycles. The third-order valence-electron chi connectivity index (χ3n) is 5.94. The van der Waals surface area contributed by atoms with Gasteiger partial charge in [0.25, 0.3) is 11.8 Å². The minimum Gasteiger partial charge on any atom is -0.378 e. The third kappa shape index (κ3) is 4.31. The average Bonchev–Trinajstić information content (AvgIpc) is 3.00. The molecule has 1 aromatic carbocycles. The van der Waals surface area contributed by atoms with E-state index < -0.39 is 0 Å². The average molecular weight is 399 g/mol. The molecule has 0 atom stereocenters. The Kier molecular flexibility index (Phi) is 5.87. The van der Waals surface area contributed by atoms with E-state index in [2.05, 4.69) is 23.7 Å². The van der Waals surface area contributed by atoms with Gasteiger partial charge in [0.05, 0.1) is 13.2 Å². The number of hydrogen-bond acceptors (Lipinski definition) is 4. The van der Waals surface area contributed by atoms with Crippen molar-refractivity contribution in [3.63, 3.8) is 0 Å². The Bertz CT molecular complexity index is 885. The van der Waals surface area contributed by atoms with Gasteiger partial charge in [0.15, 0.2) is 0 Å². The molecule has 2 aliphatic rings. The number of nitrogens with zero attached hydrogens (tertiary/aromatic N) is 3. The van der Waals surface area contributed by atoms with Crippen molar-refractivity contribution in [2.24, 2.45) is 0 Å². The van der Waals surface area contributed by atoms with Crippen LogP contribution in [0.3, 0.4) is 0 Å². The van der Waals surface area contributed by atoms with Crippen molar-refractivity contribution < 1.29 is 14.3 Å². The maximum Gasteiger partial charge on any atom is 0.270 e. The molecule has 156 valence electrons. The summed E-state index contributed by atoms with van der Waals surface area (Å²) in [5.74, 6) is 0.0541. The van der Waals surface area contributed by atoms with Crippen LogP contribution in [0.2, 0.25) is 0 Å². The number of nitrogens with one attached hydrogen (secondary N) is 1. The van der Waals surface area contributed by atoms with Crippen molar-refractivity contribution in [3.05, 3.63) is 35.5 Å². The van der Waals surface area contributed by atoms with Gasteiger partial charge < -0.3 is 19.5 Å². The highest BCUT2D eigenvalue weighted by molar-refractivity contribution is 6.01. The normalized spacial score (nSPS) is 19.0. The molecule has 0 saturated carbocycles. The number of carbonyl (C=O) groups excluding carboxylic acids is 2. The summed E-state index contributed by atoms with van der Waals surface area (Å²) in [7, 11) is 0. The Morgan fingerprint density at radius 3 is 2.45 bits per heavy atom. The molecule has 2 saturated heterocycles. The molecule has 4 rings (SSSR count). The maximum absolute atomic E-state index is 13.1. The second kappa shape index (κ2) is 8.55. The molecular formula is C22H30N4O3. The van der Waals surface area contributed by atoms with Gasteiger partial charge in [0.2, 0.25) is 0 Å². The summed E-state index contributed by atoms with van der Waals surface area (Å²) in [5.41, 5.74) is 2.12. The lowest BCUT2D eigenvalue weighted by Gasteiger charge is -2.26. The number of hydrogen-bond donors (Lipinski definition) is 1. The number of rotatable bonds is 3. The predicted octanol–water partition coefficient (Wildman–Crippen LogP) is 2.20. The van der Waals surface area contributed by atoms with Gasteiger partial charge in [-0.15, -0.1) is 0 Å². The van der Waals surface area contributed by atoms with Crippen LogP contribution in [-0.4, -0.2) is 90.0 Å². The van der Waals surface area contributed by atoms with Crippen LogP contribution in [0.4, 0.5) is 0 Å². The predicted molar refractivity (Wildman–Crippen MR) is 112 cm³/mol. The number of aromatic nitrogens is 1. The van der Waals surface area contributed by atoms with Gasteiger partial charge in [-0.2, -0.15) is 0 Å². The third-order valence-corrected chi connectivity index (χ3v) is 5.94. The summed E-state index contributed by atoms with van der Waals surface area (Å²) in [6.45, 7) is 10.3. The van der Waals surface area contributed by atoms with Gasteiger partial charge >= 0.3 is 0 Å². The zero-order chi connectivity index (χ0) is 20.4. The van der Waals surface area contributed by atoms with Crippen LogP contribution in [0, 0.1) is 0 Å². The Hall–Kier alpha value is -2.38. The van der Waals surface area contributed by atoms with Crippen LogP contribution in [0.25, 0.3) is 10.9 Å². The van der Waals surface area contributed by atoms with Crippen molar-refractivity contribution in [2.45, 2.75) is 26.3 Å². The number of morpholine rings is 1. The lowest BCUT2D eigenvalue weighted by Crippen LogP contribution is -2.40. The van der Waals surface area contributed by atoms with Crippen LogP contribution in [0.1, 0.15) is 41.1 Å². The molecular weight excluding hydrogens is 368 g/mol. The molecule has 0 unspecified atom stereocenters. The number of benzene rings is 1. The summed E-state index contributed by atoms with van der Waals surface area (Å²) in [5, 5.41) is 0.895. The van der Waals surface area contributed by atoms with Crippen LogP contribution >= 0.6 is 0 Å². The van der Waals surface area contributed by atoms with E-state index in [1.54, 1.807) is 4.90 Å². The van der Waals surface area contributed by atoms with Gasteiger partial charge in [-0.25, -0.2) is 0 Å². The van der Waals surface area contributed by atoms with E-state index in [4.69, 9.17) is 4.74 Å². The topological polar surface area (TPSA) is 68.9 Å². The molecule has 0 bridgehead atoms. The molecule has 2 aliphatic heterocycles. The molecule has 29 heavy (non-hydrogen) atoms. The number of H-pyrrole nitrogens is 1. The van der Waals surface area contributed by atoms with Crippen molar-refractivity contribution in [2.75, 3.05) is 52.5 Å². The molecule has 0 aliphatic carbocycles. The van der Waals surface area contributed by atoms with E-state index >= 15 is 0 Å². The largest absolute Gasteiger partial charge is 0.378 e. The van der Waals surface area contributed by atoms with Crippen molar-refractivity contribution in [1.29, 1.82) is 0 Å². The van der Waals surface area contributed by atoms with Crippen molar-refractivity contribution in [3.8, 4) is 0 Å². The number of ether oxygens (including phenoxy) is 1. The summed E-state index contributed by atoms with van der Waals surface area (Å²) >= 11 is 0. The fourth-order valence-corrected chi connectivity index (χ4v) is 4.16. The summed E-state index contributed by atoms with van der Waals surface area (Å²) < 4.78 is 5.32. The molecule has 2 amide bonds. The minimum absolute atomic E-state index is 0.0151. The highest BCUT2D eigenvalue weighted by atomic mass is 16.5. The van der Waals surface area contributed by atoms with Gasteiger partial charge in [-0.1, -0.05) is 0 Å². The van der Waals surface area contributed by atoms with Crippen LogP contribution in [0.15, 0.2) is 24.3 Å². The molecule has 0 radical (unpaired) electrons. The second-order valence-electron chi connectivity index (χ2n) is 8.17. The summed E-state index contributed by atoms with van der Waals surface area (Å²) in [6.07, 6.45) is 0.995. The Balaban J connectivity index is 1.49. The number of carbonyl (C=O) groups is 2. The highest BCUT2D eigenvalue weighted by Crippen LogP contribution is 2.20. The van der Waals surface area contributed by atoms with Gasteiger partial charge in [0, 0.05) is 61.8 Å². The maximum atomic E-state index is 13.1. The number of aromatic amines is 1. The second-order valence-corrected chi connectivity index (χ2v) is 8.17. The summed E-state index contributed by atoms with van der Waals surface area (Å²) in [6, 6.07) is 8.01. The van der Waals surface area contributed by atoms with Crippen molar-refractivity contribution >= 4 is 22.7 Å². The monoisotopic (exact) mass is 398 g/mol. The Morgan fingerprint density at radius 1 is 0.931 bits per heavy atom. The first-order valence-electron chi connectivity index (χ1n) is 10.6. The van der Waals surface area contributed by atoms with E-state index in [-0.39, 0.29) is 11.8 Å². The van der Waals surface area contributed by atoms with Gasteiger partial charge in [-0.3, -0.25) is 14.5 Å². The molecule has 2 aromatic rings. The minimum atomic E-state index is -0.0151. The lowest BCUT2D eigenvalue weighted by molar-refractivity contribution is 0.0299. The smallest absolute Gasteiger partial charge is 0.270 e. The van der Waals surface area contributed by atoms with Crippen LogP contribution in [0.5, 0.6) is 0 Å². The first-order valence-corrected chi connectivity index (χ1v) is 10.6. The lowest BCUT2D eigenvalue weighted by atomic mass is 10.1. The fraction of sp³-hybridized carbons (Fsp3) is 0.545. The SMILES string of the molecule is CC(C)N1CCCN(C(=O)c2ccc3[nH]c(C(=O)N4CCOCC4)cc3c2)CC1. The molecule has 7 heteroatoms. The van der Waals surface area contributed by atoms with Crippen LogP contribution < -0.4 is 0 Å². The van der Waals surface area contributed by atoms with E-state index in [0.29, 0.717) is 43.6 Å².